The van der Waals surface area contributed by atoms with Gasteiger partial charge >= 0.3 is 0 Å². The van der Waals surface area contributed by atoms with Crippen LogP contribution in [0.5, 0.6) is 0 Å². The number of aliphatic hydroxyl groups is 4. The van der Waals surface area contributed by atoms with E-state index in [4.69, 9.17) is 5.21 Å². The van der Waals surface area contributed by atoms with Gasteiger partial charge in [-0.15, -0.1) is 12.4 Å². The topological polar surface area (TPSA) is 230 Å². The van der Waals surface area contributed by atoms with E-state index in [1.807, 2.05) is 31.9 Å². The Balaban J connectivity index is 0.000000111. The van der Waals surface area contributed by atoms with Gasteiger partial charge in [-0.05, 0) is 180 Å². The summed E-state index contributed by atoms with van der Waals surface area (Å²) < 4.78 is 50.2. The predicted molar refractivity (Wildman–Crippen MR) is 311 cm³/mol. The number of carbonyl (C=O) groups excluding carboxylic acids is 1. The number of nitrogens with two attached hydrogens (primary N) is 1. The molecule has 19 heteroatoms. The van der Waals surface area contributed by atoms with E-state index in [0.29, 0.717) is 83.2 Å². The maximum absolute atomic E-state index is 14.7. The second-order valence-corrected chi connectivity index (χ2v) is 28.1. The lowest BCUT2D eigenvalue weighted by atomic mass is 9.47. The number of benzene rings is 3. The molecular weight excluding hydrogens is 1110 g/mol. The summed E-state index contributed by atoms with van der Waals surface area (Å²) in [7, 11) is 0. The van der Waals surface area contributed by atoms with Crippen molar-refractivity contribution in [2.24, 2.45) is 80.6 Å². The van der Waals surface area contributed by atoms with Crippen LogP contribution in [-0.2, 0) is 4.79 Å². The molecule has 0 spiro atoms. The van der Waals surface area contributed by atoms with Crippen molar-refractivity contribution in [3.05, 3.63) is 126 Å². The number of halogens is 4. The summed E-state index contributed by atoms with van der Waals surface area (Å²) in [4.78, 5) is 25.2. The first kappa shape index (κ1) is 57.0. The summed E-state index contributed by atoms with van der Waals surface area (Å²) in [5, 5.41) is 64.3. The third kappa shape index (κ3) is 8.81. The minimum atomic E-state index is -0.524. The molecule has 0 amide bonds. The van der Waals surface area contributed by atoms with Crippen molar-refractivity contribution < 1.29 is 48.8 Å². The van der Waals surface area contributed by atoms with E-state index in [1.165, 1.54) is 18.2 Å². The largest absolute Gasteiger partial charge is 0.411 e. The second-order valence-electron chi connectivity index (χ2n) is 28.1. The number of aliphatic hydroxyl groups excluding tert-OH is 4. The second kappa shape index (κ2) is 21.3. The number of hydrogen-bond acceptors (Lipinski definition) is 12. The molecule has 3 aromatic carbocycles. The van der Waals surface area contributed by atoms with Crippen LogP contribution >= 0.6 is 12.4 Å². The summed E-state index contributed by atoms with van der Waals surface area (Å²) in [6.07, 6.45) is 25.1. The van der Waals surface area contributed by atoms with Crippen molar-refractivity contribution in [3.8, 4) is 33.8 Å². The molecule has 8 N–H and O–H groups in total. The molecule has 0 saturated heterocycles. The normalized spacial score (nSPS) is 36.0. The highest BCUT2D eigenvalue weighted by Gasteiger charge is 2.61. The molecule has 0 radical (unpaired) electrons. The van der Waals surface area contributed by atoms with Crippen molar-refractivity contribution in [1.82, 2.24) is 28.7 Å². The maximum atomic E-state index is 14.7. The number of nitrogens with zero attached hydrogens (tertiary/aromatic N) is 7. The Bertz CT molecular complexity index is 3540. The van der Waals surface area contributed by atoms with Gasteiger partial charge in [0.15, 0.2) is 0 Å². The number of aromatic nitrogens is 6. The fourth-order valence-corrected chi connectivity index (χ4v) is 21.2. The highest BCUT2D eigenvalue weighted by atomic mass is 35.5. The van der Waals surface area contributed by atoms with Crippen LogP contribution in [0.15, 0.2) is 97.3 Å². The van der Waals surface area contributed by atoms with Crippen LogP contribution < -0.4 is 5.90 Å². The number of oxime groups is 1. The quantitative estimate of drug-likeness (QED) is 0.0532. The van der Waals surface area contributed by atoms with Gasteiger partial charge in [0, 0.05) is 57.1 Å². The van der Waals surface area contributed by atoms with Crippen LogP contribution in [0.3, 0.4) is 0 Å². The first-order chi connectivity index (χ1) is 40.7. The highest BCUT2D eigenvalue weighted by molar-refractivity contribution is 5.90. The van der Waals surface area contributed by atoms with E-state index in [0.717, 1.165) is 136 Å². The molecule has 21 rings (SSSR count). The molecule has 15 nitrogen and oxygen atoms in total. The first-order valence-corrected chi connectivity index (χ1v) is 30.9. The molecule has 450 valence electrons. The Hall–Kier alpha value is -5.73. The minimum absolute atomic E-state index is 0. The standard InChI is InChI=1S/C22H24FN3O2.C22H25FN2O2.C22H23FN2O2.ClH.H3NO/c23-16-3-1-2-15-18-10-24-11-26(18)17(20(15)16)6-19(27)22-7-12-4-13(8-22)21(25-28)14(5-12)9-22;2*23-16-3-1-2-15-18-10-24-11-25(18)17(20(15)16)6-19(26)22-7-12-4-13(8-22)21(27)14(5-12)9-22;;1-2/h1-3,10-14,17,19,27-28H,4-9H2;1-3,10-14,17,19,21,26-27H,4-9H2;1-3,10-14,17,19,26H,4-9H2;1H;2H,1H2. The molecule has 12 saturated carbocycles. The van der Waals surface area contributed by atoms with Crippen molar-refractivity contribution in [3.63, 3.8) is 0 Å². The Morgan fingerprint density at radius 3 is 1.21 bits per heavy atom. The van der Waals surface area contributed by atoms with Crippen LogP contribution in [0.2, 0.25) is 0 Å². The van der Waals surface area contributed by atoms with Crippen LogP contribution in [0.25, 0.3) is 33.8 Å². The number of carbonyl (C=O) groups is 1. The summed E-state index contributed by atoms with van der Waals surface area (Å²) in [6, 6.07) is 14.9. The fourth-order valence-electron chi connectivity index (χ4n) is 21.2. The number of hydrogen-bond donors (Lipinski definition) is 7. The lowest BCUT2D eigenvalue weighted by molar-refractivity contribution is -0.173. The van der Waals surface area contributed by atoms with Crippen LogP contribution in [0.4, 0.5) is 13.2 Å². The molecule has 6 aromatic rings. The van der Waals surface area contributed by atoms with Gasteiger partial charge in [0.2, 0.25) is 0 Å². The molecular formula is C66H76ClF3N8O7. The SMILES string of the molecule is Cl.NO.O=C1C2CC3CC1CC(C(O)CC1c4c(F)cccc4-c4cncn41)(C3)C2.OC1C2CC3CC1CC(C(O)CC1c4c(F)cccc4-c4cncn41)(C3)C2.ON=C1C2CC3CC1CC(C(O)CC1c4c(F)cccc4-c4cncn41)(C3)C2. The summed E-state index contributed by atoms with van der Waals surface area (Å²) in [6.45, 7) is 0. The molecule has 3 aliphatic heterocycles. The van der Waals surface area contributed by atoms with Crippen molar-refractivity contribution >= 4 is 23.9 Å². The molecule has 15 aliphatic rings. The summed E-state index contributed by atoms with van der Waals surface area (Å²) >= 11 is 0. The molecule has 12 aliphatic carbocycles. The average molecular weight is 1190 g/mol. The molecule has 12 bridgehead atoms. The highest BCUT2D eigenvalue weighted by Crippen LogP contribution is 2.65. The minimum Gasteiger partial charge on any atom is -0.411 e. The number of rotatable bonds is 9. The molecule has 12 atom stereocenters. The third-order valence-corrected chi connectivity index (χ3v) is 24.0. The first-order valence-electron chi connectivity index (χ1n) is 30.9. The zero-order valence-corrected chi connectivity index (χ0v) is 48.3. The van der Waals surface area contributed by atoms with Crippen molar-refractivity contribution in [1.29, 1.82) is 0 Å². The van der Waals surface area contributed by atoms with Crippen LogP contribution in [-0.4, -0.2) is 95.4 Å². The molecule has 3 aromatic heterocycles. The Morgan fingerprint density at radius 2 is 0.847 bits per heavy atom. The van der Waals surface area contributed by atoms with E-state index in [2.05, 4.69) is 26.0 Å². The number of ketones is 1. The lowest BCUT2D eigenvalue weighted by Gasteiger charge is -2.60. The van der Waals surface area contributed by atoms with E-state index in [9.17, 15) is 43.6 Å². The molecule has 6 heterocycles. The van der Waals surface area contributed by atoms with E-state index >= 15 is 0 Å². The monoisotopic (exact) mass is 1180 g/mol. The maximum Gasteiger partial charge on any atom is 0.139 e. The van der Waals surface area contributed by atoms with Crippen molar-refractivity contribution in [2.75, 3.05) is 0 Å². The van der Waals surface area contributed by atoms with Gasteiger partial charge < -0.3 is 44.5 Å². The number of imidazole rings is 3. The molecule has 12 unspecified atom stereocenters. The van der Waals surface area contributed by atoms with Crippen molar-refractivity contribution in [2.45, 2.75) is 158 Å². The Kier molecular flexibility index (Phi) is 14.3. The third-order valence-electron chi connectivity index (χ3n) is 24.0. The van der Waals surface area contributed by atoms with E-state index in [1.54, 1.807) is 55.8 Å². The Morgan fingerprint density at radius 1 is 0.518 bits per heavy atom. The smallest absolute Gasteiger partial charge is 0.139 e. The zero-order chi connectivity index (χ0) is 57.7. The van der Waals surface area contributed by atoms with Gasteiger partial charge in [0.05, 0.1) is 103 Å². The van der Waals surface area contributed by atoms with Crippen LogP contribution in [0, 0.1) is 87.0 Å². The van der Waals surface area contributed by atoms with E-state index in [-0.39, 0.29) is 82.2 Å². The Labute approximate surface area is 498 Å². The predicted octanol–water partition coefficient (Wildman–Crippen LogP) is 11.0. The van der Waals surface area contributed by atoms with Gasteiger partial charge in [0.1, 0.15) is 23.2 Å². The number of fused-ring (bicyclic) bond motifs is 9. The van der Waals surface area contributed by atoms with E-state index < -0.39 is 18.3 Å². The average Bonchev–Trinajstić information content (AvgIpc) is 3.37. The molecule has 85 heavy (non-hydrogen) atoms. The zero-order valence-electron chi connectivity index (χ0n) is 47.5. The van der Waals surface area contributed by atoms with Gasteiger partial charge in [-0.1, -0.05) is 41.6 Å². The number of Topliss-reactive ketones (excluding diaryl/α,β-unsaturated/α-hetero) is 1. The summed E-state index contributed by atoms with van der Waals surface area (Å²) in [5.41, 5.74) is 8.02. The van der Waals surface area contributed by atoms with Gasteiger partial charge in [-0.25, -0.2) is 34.0 Å². The summed E-state index contributed by atoms with van der Waals surface area (Å²) in [5.74, 6) is 6.67. The lowest BCUT2D eigenvalue weighted by Crippen LogP contribution is -2.57. The van der Waals surface area contributed by atoms with Gasteiger partial charge in [-0.3, -0.25) is 4.79 Å². The van der Waals surface area contributed by atoms with Gasteiger partial charge in [-0.2, -0.15) is 0 Å². The van der Waals surface area contributed by atoms with Crippen LogP contribution in [0.1, 0.15) is 150 Å². The fraction of sp³-hybridized carbons (Fsp3) is 0.561. The molecule has 12 fully saturated rings. The van der Waals surface area contributed by atoms with Gasteiger partial charge in [0.25, 0.3) is 0 Å².